The van der Waals surface area contributed by atoms with Gasteiger partial charge in [-0.3, -0.25) is 19.5 Å². The molecule has 2 atom stereocenters. The minimum Gasteiger partial charge on any atom is -0.351 e. The quantitative estimate of drug-likeness (QED) is 0.458. The number of para-hydroxylation sites is 1. The summed E-state index contributed by atoms with van der Waals surface area (Å²) in [6.07, 6.45) is 2.66. The van der Waals surface area contributed by atoms with Gasteiger partial charge in [-0.1, -0.05) is 30.8 Å². The molecule has 0 aliphatic heterocycles. The number of urea groups is 1. The molecule has 3 aromatic rings. The van der Waals surface area contributed by atoms with Crippen molar-refractivity contribution in [1.82, 2.24) is 14.9 Å². The zero-order chi connectivity index (χ0) is 22.3. The second kappa shape index (κ2) is 8.43. The molecule has 7 nitrogen and oxygen atoms in total. The highest BCUT2D eigenvalue weighted by Crippen LogP contribution is 2.37. The van der Waals surface area contributed by atoms with E-state index in [2.05, 4.69) is 11.9 Å². The van der Waals surface area contributed by atoms with Gasteiger partial charge in [-0.15, -0.1) is 11.3 Å². The summed E-state index contributed by atoms with van der Waals surface area (Å²) in [6.45, 7) is 3.74. The molecule has 3 amide bonds. The van der Waals surface area contributed by atoms with E-state index in [1.165, 1.54) is 28.0 Å². The Morgan fingerprint density at radius 2 is 2.13 bits per heavy atom. The Balaban J connectivity index is 1.91. The van der Waals surface area contributed by atoms with Crippen molar-refractivity contribution in [1.29, 1.82) is 0 Å². The van der Waals surface area contributed by atoms with Gasteiger partial charge in [0.05, 0.1) is 16.3 Å². The molecule has 0 spiro atoms. The lowest BCUT2D eigenvalue weighted by Gasteiger charge is -2.18. The van der Waals surface area contributed by atoms with Crippen LogP contribution in [0.5, 0.6) is 0 Å². The van der Waals surface area contributed by atoms with Crippen LogP contribution in [0.2, 0.25) is 0 Å². The fourth-order valence-electron chi connectivity index (χ4n) is 3.73. The summed E-state index contributed by atoms with van der Waals surface area (Å²) < 4.78 is 15.9. The van der Waals surface area contributed by atoms with Gasteiger partial charge in [0.2, 0.25) is 5.91 Å². The number of aromatic nitrogens is 2. The summed E-state index contributed by atoms with van der Waals surface area (Å²) in [5.41, 5.74) is 5.74. The number of carbonyl (C=O) groups excluding carboxylic acids is 2. The molecule has 1 aliphatic carbocycles. The summed E-state index contributed by atoms with van der Waals surface area (Å²) in [7, 11) is 0. The van der Waals surface area contributed by atoms with Gasteiger partial charge < -0.3 is 5.73 Å². The molecule has 31 heavy (non-hydrogen) atoms. The number of nitrogens with two attached hydrogens (primary N) is 1. The lowest BCUT2D eigenvalue weighted by molar-refractivity contribution is -0.119. The number of carbonyl (C=O) groups is 2. The summed E-state index contributed by atoms with van der Waals surface area (Å²) >= 11 is 2.45. The van der Waals surface area contributed by atoms with Gasteiger partial charge in [-0.05, 0) is 49.8 Å². The van der Waals surface area contributed by atoms with E-state index in [1.807, 2.05) is 5.32 Å². The molecule has 10 heteroatoms. The van der Waals surface area contributed by atoms with E-state index in [1.54, 1.807) is 19.1 Å². The Hall–Kier alpha value is -2.72. The highest BCUT2D eigenvalue weighted by molar-refractivity contribution is 8.00. The van der Waals surface area contributed by atoms with E-state index in [0.717, 1.165) is 41.5 Å². The molecule has 1 aromatic carbocycles. The first kappa shape index (κ1) is 21.5. The number of rotatable bonds is 4. The minimum atomic E-state index is -0.965. The Labute approximate surface area is 185 Å². The Morgan fingerprint density at radius 1 is 1.39 bits per heavy atom. The van der Waals surface area contributed by atoms with Crippen molar-refractivity contribution in [3.8, 4) is 5.69 Å². The van der Waals surface area contributed by atoms with E-state index in [9.17, 15) is 18.8 Å². The standard InChI is InChI=1S/C21H21FN4O3S2/c1-10-7-8-12-15(9-10)31-18-16(12)19(28)26(14-6-4-3-5-13(14)22)21(25-18)30-11(2)17(27)24-20(23)29/h3-6,10-11H,7-9H2,1-2H3,(H3,23,24,27,29)/t10-,11+/m1/s1. The number of hydrogen-bond donors (Lipinski definition) is 2. The third kappa shape index (κ3) is 4.09. The van der Waals surface area contributed by atoms with Crippen molar-refractivity contribution in [2.24, 2.45) is 11.7 Å². The molecule has 0 radical (unpaired) electrons. The molecular formula is C21H21FN4O3S2. The van der Waals surface area contributed by atoms with Crippen molar-refractivity contribution in [2.45, 2.75) is 43.5 Å². The fourth-order valence-corrected chi connectivity index (χ4v) is 6.07. The van der Waals surface area contributed by atoms with Gasteiger partial charge in [0.25, 0.3) is 5.56 Å². The van der Waals surface area contributed by atoms with Gasteiger partial charge in [0.1, 0.15) is 10.6 Å². The maximum atomic E-state index is 14.7. The van der Waals surface area contributed by atoms with Gasteiger partial charge >= 0.3 is 6.03 Å². The smallest absolute Gasteiger partial charge is 0.318 e. The maximum absolute atomic E-state index is 14.7. The number of hydrogen-bond acceptors (Lipinski definition) is 6. The zero-order valence-electron chi connectivity index (χ0n) is 17.0. The number of aryl methyl sites for hydroxylation is 1. The largest absolute Gasteiger partial charge is 0.351 e. The SMILES string of the molecule is C[C@@H]1CCc2c(sc3nc(S[C@@H](C)C(=O)NC(N)=O)n(-c4ccccc4F)c(=O)c23)C1. The van der Waals surface area contributed by atoms with Crippen LogP contribution in [0.1, 0.15) is 30.7 Å². The van der Waals surface area contributed by atoms with Crippen LogP contribution >= 0.6 is 23.1 Å². The van der Waals surface area contributed by atoms with Gasteiger partial charge in [-0.25, -0.2) is 14.2 Å². The molecule has 2 heterocycles. The summed E-state index contributed by atoms with van der Waals surface area (Å²) in [4.78, 5) is 43.2. The summed E-state index contributed by atoms with van der Waals surface area (Å²) in [5, 5.41) is 1.94. The second-order valence-corrected chi connectivity index (χ2v) is 10.0. The Morgan fingerprint density at radius 3 is 2.84 bits per heavy atom. The first-order chi connectivity index (χ1) is 14.8. The van der Waals surface area contributed by atoms with Gasteiger partial charge in [0.15, 0.2) is 5.16 Å². The molecule has 0 bridgehead atoms. The Bertz CT molecular complexity index is 1250. The number of primary amides is 1. The Kier molecular flexibility index (Phi) is 5.85. The van der Waals surface area contributed by atoms with Crippen LogP contribution in [0, 0.1) is 11.7 Å². The van der Waals surface area contributed by atoms with Crippen LogP contribution in [-0.4, -0.2) is 26.7 Å². The van der Waals surface area contributed by atoms with E-state index < -0.39 is 23.0 Å². The van der Waals surface area contributed by atoms with Crippen LogP contribution < -0.4 is 16.6 Å². The summed E-state index contributed by atoms with van der Waals surface area (Å²) in [6, 6.07) is 4.99. The number of fused-ring (bicyclic) bond motifs is 3. The van der Waals surface area contributed by atoms with Crippen LogP contribution in [0.4, 0.5) is 9.18 Å². The monoisotopic (exact) mass is 460 g/mol. The number of imide groups is 1. The highest BCUT2D eigenvalue weighted by atomic mass is 32.2. The molecule has 3 N–H and O–H groups in total. The van der Waals surface area contributed by atoms with Gasteiger partial charge in [-0.2, -0.15) is 0 Å². The van der Waals surface area contributed by atoms with Crippen LogP contribution in [0.3, 0.4) is 0 Å². The maximum Gasteiger partial charge on any atom is 0.318 e. The van der Waals surface area contributed by atoms with E-state index in [-0.39, 0.29) is 16.4 Å². The van der Waals surface area contributed by atoms with Crippen LogP contribution in [0.25, 0.3) is 15.9 Å². The number of nitrogens with zero attached hydrogens (tertiary/aromatic N) is 2. The molecule has 1 aliphatic rings. The molecule has 0 fully saturated rings. The van der Waals surface area contributed by atoms with Crippen LogP contribution in [-0.2, 0) is 17.6 Å². The van der Waals surface area contributed by atoms with Crippen LogP contribution in [0.15, 0.2) is 34.2 Å². The topological polar surface area (TPSA) is 107 Å². The van der Waals surface area contributed by atoms with Crippen molar-refractivity contribution in [3.05, 3.63) is 50.9 Å². The summed E-state index contributed by atoms with van der Waals surface area (Å²) in [5.74, 6) is -0.661. The second-order valence-electron chi connectivity index (χ2n) is 7.63. The fraction of sp³-hybridized carbons (Fsp3) is 0.333. The number of halogens is 1. The third-order valence-electron chi connectivity index (χ3n) is 5.29. The van der Waals surface area contributed by atoms with Crippen molar-refractivity contribution < 1.29 is 14.0 Å². The molecule has 4 rings (SSSR count). The molecule has 162 valence electrons. The number of benzene rings is 1. The predicted molar refractivity (Wildman–Crippen MR) is 119 cm³/mol. The minimum absolute atomic E-state index is 0.0658. The predicted octanol–water partition coefficient (Wildman–Crippen LogP) is 3.39. The van der Waals surface area contributed by atoms with Gasteiger partial charge in [0, 0.05) is 4.88 Å². The average molecular weight is 461 g/mol. The van der Waals surface area contributed by atoms with E-state index >= 15 is 0 Å². The molecule has 0 unspecified atom stereocenters. The lowest BCUT2D eigenvalue weighted by Crippen LogP contribution is -2.39. The molecule has 0 saturated carbocycles. The van der Waals surface area contributed by atoms with E-state index in [4.69, 9.17) is 5.73 Å². The van der Waals surface area contributed by atoms with Crippen molar-refractivity contribution in [2.75, 3.05) is 0 Å². The zero-order valence-corrected chi connectivity index (χ0v) is 18.6. The van der Waals surface area contributed by atoms with E-state index in [0.29, 0.717) is 16.1 Å². The third-order valence-corrected chi connectivity index (χ3v) is 7.49. The molecule has 0 saturated heterocycles. The lowest BCUT2D eigenvalue weighted by atomic mass is 9.89. The van der Waals surface area contributed by atoms with Crippen molar-refractivity contribution >= 4 is 45.3 Å². The first-order valence-electron chi connectivity index (χ1n) is 9.85. The number of nitrogens with one attached hydrogen (secondary N) is 1. The molecular weight excluding hydrogens is 439 g/mol. The number of amides is 3. The highest BCUT2D eigenvalue weighted by Gasteiger charge is 2.27. The number of thioether (sulfide) groups is 1. The average Bonchev–Trinajstić information content (AvgIpc) is 3.06. The first-order valence-corrected chi connectivity index (χ1v) is 11.5. The number of thiophene rings is 1. The molecule has 2 aromatic heterocycles. The van der Waals surface area contributed by atoms with Crippen molar-refractivity contribution in [3.63, 3.8) is 0 Å². The normalized spacial score (nSPS) is 16.7.